The van der Waals surface area contributed by atoms with Gasteiger partial charge in [-0.25, -0.2) is 9.18 Å². The van der Waals surface area contributed by atoms with Gasteiger partial charge in [-0.1, -0.05) is 48.5 Å². The summed E-state index contributed by atoms with van der Waals surface area (Å²) in [5.74, 6) is -2.53. The van der Waals surface area contributed by atoms with Gasteiger partial charge in [0, 0.05) is 16.3 Å². The highest BCUT2D eigenvalue weighted by molar-refractivity contribution is 8.00. The molecule has 2 amide bonds. The van der Waals surface area contributed by atoms with E-state index in [0.29, 0.717) is 16.3 Å². The normalized spacial score (nSPS) is 11.4. The van der Waals surface area contributed by atoms with Crippen molar-refractivity contribution in [2.75, 3.05) is 10.6 Å². The molecular formula is C28H21FN2O4S. The first kappa shape index (κ1) is 24.7. The Morgan fingerprint density at radius 1 is 0.750 bits per heavy atom. The molecule has 6 nitrogen and oxygen atoms in total. The topological polar surface area (TPSA) is 95.5 Å². The molecule has 0 aliphatic rings. The van der Waals surface area contributed by atoms with E-state index in [1.54, 1.807) is 24.3 Å². The number of anilines is 2. The van der Waals surface area contributed by atoms with Crippen LogP contribution < -0.4 is 10.6 Å². The number of halogens is 1. The molecule has 0 saturated heterocycles. The van der Waals surface area contributed by atoms with Crippen LogP contribution in [-0.2, 0) is 4.79 Å². The molecule has 0 radical (unpaired) electrons. The fourth-order valence-corrected chi connectivity index (χ4v) is 4.52. The molecule has 4 aromatic rings. The number of rotatable bonds is 8. The minimum Gasteiger partial charge on any atom is -0.478 e. The summed E-state index contributed by atoms with van der Waals surface area (Å²) >= 11 is 1.29. The molecule has 1 unspecified atom stereocenters. The molecular weight excluding hydrogens is 479 g/mol. The van der Waals surface area contributed by atoms with E-state index in [1.165, 1.54) is 54.2 Å². The number of hydrogen-bond donors (Lipinski definition) is 3. The zero-order chi connectivity index (χ0) is 25.5. The van der Waals surface area contributed by atoms with Crippen LogP contribution in [0.4, 0.5) is 15.8 Å². The van der Waals surface area contributed by atoms with Crippen molar-refractivity contribution in [3.05, 3.63) is 126 Å². The molecule has 1 atom stereocenters. The molecule has 8 heteroatoms. The van der Waals surface area contributed by atoms with Crippen molar-refractivity contribution in [3.8, 4) is 0 Å². The number of carbonyl (C=O) groups excluding carboxylic acids is 2. The highest BCUT2D eigenvalue weighted by Gasteiger charge is 2.23. The Bertz CT molecular complexity index is 1390. The molecule has 180 valence electrons. The summed E-state index contributed by atoms with van der Waals surface area (Å²) in [5.41, 5.74) is 1.76. The average Bonchev–Trinajstić information content (AvgIpc) is 2.88. The van der Waals surface area contributed by atoms with Crippen LogP contribution in [0.5, 0.6) is 0 Å². The third kappa shape index (κ3) is 6.17. The highest BCUT2D eigenvalue weighted by Crippen LogP contribution is 2.37. The maximum atomic E-state index is 14.0. The molecule has 4 aromatic carbocycles. The summed E-state index contributed by atoms with van der Waals surface area (Å²) in [6.07, 6.45) is 0. The smallest absolute Gasteiger partial charge is 0.335 e. The van der Waals surface area contributed by atoms with E-state index in [4.69, 9.17) is 5.11 Å². The Morgan fingerprint density at radius 3 is 2.14 bits per heavy atom. The first-order valence-corrected chi connectivity index (χ1v) is 11.8. The van der Waals surface area contributed by atoms with Crippen LogP contribution in [0.1, 0.15) is 31.5 Å². The number of benzene rings is 4. The van der Waals surface area contributed by atoms with Gasteiger partial charge in [-0.15, -0.1) is 11.8 Å². The van der Waals surface area contributed by atoms with Gasteiger partial charge in [-0.3, -0.25) is 9.59 Å². The predicted octanol–water partition coefficient (Wildman–Crippen LogP) is 6.25. The summed E-state index contributed by atoms with van der Waals surface area (Å²) in [5, 5.41) is 14.0. The van der Waals surface area contributed by atoms with Crippen molar-refractivity contribution in [3.63, 3.8) is 0 Å². The quantitative estimate of drug-likeness (QED) is 0.249. The fraction of sp³-hybridized carbons (Fsp3) is 0.0357. The number of amides is 2. The van der Waals surface area contributed by atoms with E-state index in [9.17, 15) is 18.8 Å². The van der Waals surface area contributed by atoms with Crippen molar-refractivity contribution in [2.45, 2.75) is 10.1 Å². The number of nitrogens with one attached hydrogen (secondary N) is 2. The third-order valence-electron chi connectivity index (χ3n) is 5.20. The van der Waals surface area contributed by atoms with Gasteiger partial charge < -0.3 is 15.7 Å². The number of carboxylic acids is 1. The second-order valence-electron chi connectivity index (χ2n) is 7.74. The molecule has 0 heterocycles. The Kier molecular flexibility index (Phi) is 7.77. The van der Waals surface area contributed by atoms with E-state index in [0.717, 1.165) is 5.56 Å². The Morgan fingerprint density at radius 2 is 1.44 bits per heavy atom. The van der Waals surface area contributed by atoms with Crippen LogP contribution in [0.25, 0.3) is 0 Å². The molecule has 36 heavy (non-hydrogen) atoms. The standard InChI is InChI=1S/C28H21FN2O4S/c29-24-12-5-4-11-23(24)26(32)31-21-9-6-10-22(17-21)36-25(18-7-2-1-3-8-18)27(33)30-20-15-13-19(14-16-20)28(34)35/h1-17,25H,(H,30,33)(H,31,32)(H,34,35). The minimum atomic E-state index is -1.05. The van der Waals surface area contributed by atoms with Crippen LogP contribution in [0.3, 0.4) is 0 Å². The van der Waals surface area contributed by atoms with Crippen LogP contribution in [0.2, 0.25) is 0 Å². The lowest BCUT2D eigenvalue weighted by atomic mass is 10.1. The third-order valence-corrected chi connectivity index (χ3v) is 6.45. The molecule has 0 bridgehead atoms. The van der Waals surface area contributed by atoms with Gasteiger partial charge in [-0.2, -0.15) is 0 Å². The van der Waals surface area contributed by atoms with Gasteiger partial charge >= 0.3 is 5.97 Å². The molecule has 0 aliphatic carbocycles. The maximum Gasteiger partial charge on any atom is 0.335 e. The van der Waals surface area contributed by atoms with Crippen molar-refractivity contribution < 1.29 is 23.9 Å². The summed E-state index contributed by atoms with van der Waals surface area (Å²) in [7, 11) is 0. The molecule has 0 aromatic heterocycles. The second kappa shape index (κ2) is 11.3. The van der Waals surface area contributed by atoms with E-state index in [2.05, 4.69) is 10.6 Å². The average molecular weight is 501 g/mol. The number of aromatic carboxylic acids is 1. The largest absolute Gasteiger partial charge is 0.478 e. The van der Waals surface area contributed by atoms with E-state index >= 15 is 0 Å². The van der Waals surface area contributed by atoms with Gasteiger partial charge in [0.2, 0.25) is 5.91 Å². The number of thioether (sulfide) groups is 1. The Balaban J connectivity index is 1.54. The molecule has 4 rings (SSSR count). The van der Waals surface area contributed by atoms with Crippen molar-refractivity contribution in [1.82, 2.24) is 0 Å². The highest BCUT2D eigenvalue weighted by atomic mass is 32.2. The lowest BCUT2D eigenvalue weighted by Gasteiger charge is -2.18. The Labute approximate surface area is 211 Å². The van der Waals surface area contributed by atoms with Gasteiger partial charge in [0.05, 0.1) is 11.1 Å². The number of carboxylic acid groups (broad SMARTS) is 1. The monoisotopic (exact) mass is 500 g/mol. The lowest BCUT2D eigenvalue weighted by Crippen LogP contribution is -2.19. The van der Waals surface area contributed by atoms with Gasteiger partial charge in [0.25, 0.3) is 5.91 Å². The van der Waals surface area contributed by atoms with E-state index in [-0.39, 0.29) is 17.0 Å². The predicted molar refractivity (Wildman–Crippen MR) is 138 cm³/mol. The first-order valence-electron chi connectivity index (χ1n) is 10.9. The first-order chi connectivity index (χ1) is 17.4. The molecule has 0 spiro atoms. The van der Waals surface area contributed by atoms with Crippen LogP contribution in [0.15, 0.2) is 108 Å². The number of hydrogen-bond acceptors (Lipinski definition) is 4. The molecule has 0 saturated carbocycles. The summed E-state index contributed by atoms with van der Waals surface area (Å²) in [4.78, 5) is 37.6. The summed E-state index contributed by atoms with van der Waals surface area (Å²) < 4.78 is 14.0. The zero-order valence-electron chi connectivity index (χ0n) is 18.9. The molecule has 0 aliphatic heterocycles. The molecule has 0 fully saturated rings. The SMILES string of the molecule is O=C(O)c1ccc(NC(=O)C(Sc2cccc(NC(=O)c3ccccc3F)c2)c2ccccc2)cc1. The molecule has 3 N–H and O–H groups in total. The van der Waals surface area contributed by atoms with Crippen LogP contribution in [0, 0.1) is 5.82 Å². The summed E-state index contributed by atoms with van der Waals surface area (Å²) in [6, 6.07) is 27.8. The van der Waals surface area contributed by atoms with E-state index in [1.807, 2.05) is 36.4 Å². The van der Waals surface area contributed by atoms with Gasteiger partial charge in [0.1, 0.15) is 11.1 Å². The summed E-state index contributed by atoms with van der Waals surface area (Å²) in [6.45, 7) is 0. The second-order valence-corrected chi connectivity index (χ2v) is 8.92. The zero-order valence-corrected chi connectivity index (χ0v) is 19.7. The fourth-order valence-electron chi connectivity index (χ4n) is 3.43. The van der Waals surface area contributed by atoms with E-state index < -0.39 is 22.9 Å². The number of carbonyl (C=O) groups is 3. The Hall–Kier alpha value is -4.43. The van der Waals surface area contributed by atoms with Crippen LogP contribution >= 0.6 is 11.8 Å². The maximum absolute atomic E-state index is 14.0. The lowest BCUT2D eigenvalue weighted by molar-refractivity contribution is -0.115. The van der Waals surface area contributed by atoms with Crippen LogP contribution in [-0.4, -0.2) is 22.9 Å². The van der Waals surface area contributed by atoms with Crippen molar-refractivity contribution >= 4 is 40.9 Å². The van der Waals surface area contributed by atoms with Gasteiger partial charge in [0.15, 0.2) is 0 Å². The van der Waals surface area contributed by atoms with Gasteiger partial charge in [-0.05, 0) is 60.2 Å². The van der Waals surface area contributed by atoms with Crippen molar-refractivity contribution in [1.29, 1.82) is 0 Å². The van der Waals surface area contributed by atoms with Crippen molar-refractivity contribution in [2.24, 2.45) is 0 Å². The minimum absolute atomic E-state index is 0.0639.